The van der Waals surface area contributed by atoms with Gasteiger partial charge in [-0.25, -0.2) is 9.67 Å². The second kappa shape index (κ2) is 8.49. The molecular formula is C21H24N4O2. The van der Waals surface area contributed by atoms with Gasteiger partial charge < -0.3 is 9.64 Å². The summed E-state index contributed by atoms with van der Waals surface area (Å²) in [4.78, 5) is 18.8. The first-order valence-corrected chi connectivity index (χ1v) is 8.98. The monoisotopic (exact) mass is 364 g/mol. The molecule has 1 atom stereocenters. The minimum atomic E-state index is -0.0487. The van der Waals surface area contributed by atoms with Crippen LogP contribution >= 0.6 is 0 Å². The smallest absolute Gasteiger partial charge is 0.254 e. The van der Waals surface area contributed by atoms with Crippen LogP contribution in [0.2, 0.25) is 0 Å². The molecule has 1 heterocycles. The van der Waals surface area contributed by atoms with E-state index in [1.165, 1.54) is 6.33 Å². The molecular weight excluding hydrogens is 340 g/mol. The maximum atomic E-state index is 13.0. The summed E-state index contributed by atoms with van der Waals surface area (Å²) in [7, 11) is 1.65. The Morgan fingerprint density at radius 3 is 2.63 bits per heavy atom. The van der Waals surface area contributed by atoms with Crippen molar-refractivity contribution in [2.75, 3.05) is 13.7 Å². The van der Waals surface area contributed by atoms with Crippen molar-refractivity contribution in [2.45, 2.75) is 26.4 Å². The predicted molar refractivity (Wildman–Crippen MR) is 104 cm³/mol. The number of carbonyl (C=O) groups excluding carboxylic acids is 1. The zero-order valence-electron chi connectivity index (χ0n) is 15.9. The number of nitrogens with zero attached hydrogens (tertiary/aromatic N) is 4. The Morgan fingerprint density at radius 2 is 2.00 bits per heavy atom. The molecule has 1 unspecified atom stereocenters. The van der Waals surface area contributed by atoms with E-state index in [0.717, 1.165) is 16.9 Å². The largest absolute Gasteiger partial charge is 0.497 e. The molecule has 0 aliphatic rings. The van der Waals surface area contributed by atoms with E-state index in [9.17, 15) is 4.79 Å². The molecule has 0 radical (unpaired) electrons. The molecule has 0 aliphatic carbocycles. The molecule has 6 nitrogen and oxygen atoms in total. The standard InChI is InChI=1S/C21H24N4O2/c1-4-25(16(2)19-6-5-7-20(12-19)27-3)21(26)18-10-8-17(9-11-18)13-24-15-22-14-23-24/h5-12,14-16H,4,13H2,1-3H3. The summed E-state index contributed by atoms with van der Waals surface area (Å²) in [5.41, 5.74) is 2.79. The summed E-state index contributed by atoms with van der Waals surface area (Å²) in [5, 5.41) is 4.10. The van der Waals surface area contributed by atoms with Crippen molar-refractivity contribution in [3.8, 4) is 5.75 Å². The molecule has 1 aromatic heterocycles. The average molecular weight is 364 g/mol. The van der Waals surface area contributed by atoms with Crippen LogP contribution < -0.4 is 4.74 Å². The second-order valence-electron chi connectivity index (χ2n) is 6.33. The van der Waals surface area contributed by atoms with Crippen LogP contribution in [0.25, 0.3) is 0 Å². The molecule has 0 fully saturated rings. The minimum absolute atomic E-state index is 0.0140. The van der Waals surface area contributed by atoms with Crippen LogP contribution in [-0.2, 0) is 6.54 Å². The quantitative estimate of drug-likeness (QED) is 0.643. The lowest BCUT2D eigenvalue weighted by Gasteiger charge is -2.29. The van der Waals surface area contributed by atoms with Crippen molar-refractivity contribution in [1.82, 2.24) is 19.7 Å². The van der Waals surface area contributed by atoms with Gasteiger partial charge in [0.15, 0.2) is 0 Å². The lowest BCUT2D eigenvalue weighted by molar-refractivity contribution is 0.0702. The highest BCUT2D eigenvalue weighted by Crippen LogP contribution is 2.25. The maximum absolute atomic E-state index is 13.0. The Morgan fingerprint density at radius 1 is 1.22 bits per heavy atom. The third-order valence-electron chi connectivity index (χ3n) is 4.66. The molecule has 140 valence electrons. The molecule has 0 saturated heterocycles. The zero-order valence-corrected chi connectivity index (χ0v) is 15.9. The van der Waals surface area contributed by atoms with Crippen LogP contribution in [0.15, 0.2) is 61.2 Å². The van der Waals surface area contributed by atoms with Gasteiger partial charge in [0.2, 0.25) is 0 Å². The van der Waals surface area contributed by atoms with Gasteiger partial charge in [-0.05, 0) is 49.2 Å². The Balaban J connectivity index is 1.75. The normalized spacial score (nSPS) is 11.8. The van der Waals surface area contributed by atoms with E-state index in [-0.39, 0.29) is 11.9 Å². The van der Waals surface area contributed by atoms with E-state index in [1.807, 2.05) is 67.3 Å². The van der Waals surface area contributed by atoms with Crippen LogP contribution in [0.1, 0.15) is 41.4 Å². The third kappa shape index (κ3) is 4.34. The van der Waals surface area contributed by atoms with Crippen LogP contribution in [-0.4, -0.2) is 39.2 Å². The SMILES string of the molecule is CCN(C(=O)c1ccc(Cn2cncn2)cc1)C(C)c1cccc(OC)c1. The average Bonchev–Trinajstić information content (AvgIpc) is 3.22. The lowest BCUT2D eigenvalue weighted by atomic mass is 10.0. The molecule has 2 aromatic carbocycles. The van der Waals surface area contributed by atoms with Gasteiger partial charge in [0, 0.05) is 12.1 Å². The number of carbonyl (C=O) groups is 1. The molecule has 6 heteroatoms. The fraction of sp³-hybridized carbons (Fsp3) is 0.286. The third-order valence-corrected chi connectivity index (χ3v) is 4.66. The van der Waals surface area contributed by atoms with Crippen LogP contribution in [0.5, 0.6) is 5.75 Å². The van der Waals surface area contributed by atoms with E-state index < -0.39 is 0 Å². The fourth-order valence-corrected chi connectivity index (χ4v) is 3.09. The van der Waals surface area contributed by atoms with Crippen molar-refractivity contribution in [1.29, 1.82) is 0 Å². The van der Waals surface area contributed by atoms with Crippen molar-refractivity contribution < 1.29 is 9.53 Å². The molecule has 3 aromatic rings. The molecule has 0 aliphatic heterocycles. The van der Waals surface area contributed by atoms with Crippen molar-refractivity contribution in [3.05, 3.63) is 77.9 Å². The highest BCUT2D eigenvalue weighted by molar-refractivity contribution is 5.94. The first-order chi connectivity index (χ1) is 13.1. The van der Waals surface area contributed by atoms with Crippen LogP contribution in [0, 0.1) is 0 Å². The van der Waals surface area contributed by atoms with Gasteiger partial charge in [0.1, 0.15) is 18.4 Å². The number of benzene rings is 2. The molecule has 0 N–H and O–H groups in total. The summed E-state index contributed by atoms with van der Waals surface area (Å²) >= 11 is 0. The Hall–Kier alpha value is -3.15. The van der Waals surface area contributed by atoms with Gasteiger partial charge in [-0.1, -0.05) is 24.3 Å². The number of ether oxygens (including phenoxy) is 1. The van der Waals surface area contributed by atoms with Gasteiger partial charge in [-0.3, -0.25) is 4.79 Å². The summed E-state index contributed by atoms with van der Waals surface area (Å²) in [6.45, 7) is 5.28. The van der Waals surface area contributed by atoms with Gasteiger partial charge in [0.05, 0.1) is 19.7 Å². The van der Waals surface area contributed by atoms with Crippen LogP contribution in [0.3, 0.4) is 0 Å². The van der Waals surface area contributed by atoms with Gasteiger partial charge in [0.25, 0.3) is 5.91 Å². The first-order valence-electron chi connectivity index (χ1n) is 8.98. The number of hydrogen-bond acceptors (Lipinski definition) is 4. The summed E-state index contributed by atoms with van der Waals surface area (Å²) in [6, 6.07) is 15.5. The number of aromatic nitrogens is 3. The van der Waals surface area contributed by atoms with Crippen molar-refractivity contribution >= 4 is 5.91 Å². The Kier molecular flexibility index (Phi) is 5.86. The topological polar surface area (TPSA) is 60.2 Å². The van der Waals surface area contributed by atoms with E-state index in [0.29, 0.717) is 18.7 Å². The highest BCUT2D eigenvalue weighted by Gasteiger charge is 2.21. The van der Waals surface area contributed by atoms with Gasteiger partial charge >= 0.3 is 0 Å². The molecule has 1 amide bonds. The van der Waals surface area contributed by atoms with Crippen LogP contribution in [0.4, 0.5) is 0 Å². The van der Waals surface area contributed by atoms with E-state index >= 15 is 0 Å². The number of hydrogen-bond donors (Lipinski definition) is 0. The number of rotatable bonds is 7. The summed E-state index contributed by atoms with van der Waals surface area (Å²) in [5.74, 6) is 0.806. The van der Waals surface area contributed by atoms with E-state index in [2.05, 4.69) is 10.1 Å². The zero-order chi connectivity index (χ0) is 19.2. The summed E-state index contributed by atoms with van der Waals surface area (Å²) < 4.78 is 7.05. The summed E-state index contributed by atoms with van der Waals surface area (Å²) in [6.07, 6.45) is 3.19. The molecule has 0 bridgehead atoms. The van der Waals surface area contributed by atoms with E-state index in [1.54, 1.807) is 18.1 Å². The molecule has 0 spiro atoms. The number of methoxy groups -OCH3 is 1. The molecule has 3 rings (SSSR count). The fourth-order valence-electron chi connectivity index (χ4n) is 3.09. The highest BCUT2D eigenvalue weighted by atomic mass is 16.5. The van der Waals surface area contributed by atoms with Crippen molar-refractivity contribution in [3.63, 3.8) is 0 Å². The molecule has 0 saturated carbocycles. The maximum Gasteiger partial charge on any atom is 0.254 e. The van der Waals surface area contributed by atoms with Gasteiger partial charge in [-0.15, -0.1) is 0 Å². The van der Waals surface area contributed by atoms with Gasteiger partial charge in [-0.2, -0.15) is 5.10 Å². The van der Waals surface area contributed by atoms with Crippen molar-refractivity contribution in [2.24, 2.45) is 0 Å². The molecule has 27 heavy (non-hydrogen) atoms. The Labute approximate surface area is 159 Å². The first kappa shape index (κ1) is 18.6. The predicted octanol–water partition coefficient (Wildman–Crippen LogP) is 3.56. The number of amides is 1. The minimum Gasteiger partial charge on any atom is -0.497 e. The second-order valence-corrected chi connectivity index (χ2v) is 6.33. The Bertz CT molecular complexity index is 875. The van der Waals surface area contributed by atoms with E-state index in [4.69, 9.17) is 4.74 Å². The lowest BCUT2D eigenvalue weighted by Crippen LogP contribution is -2.33.